The third kappa shape index (κ3) is 11.6. The molecule has 0 radical (unpaired) electrons. The molecule has 2 unspecified atom stereocenters. The van der Waals surface area contributed by atoms with Crippen LogP contribution >= 0.6 is 0 Å². The maximum Gasteiger partial charge on any atom is 0.445 e. The van der Waals surface area contributed by atoms with Crippen LogP contribution in [0.1, 0.15) is 58.4 Å². The standard InChI is InChI=1S/C38H38F8O3/c1-3-25-5-9-27(10-6-25)21-31-23-29(17-19-47-35(39)37(41,42)43)13-15-33(31)49-34-16-14-30(18-20-48-36(40)38(44,45)46)24-32(34)22-28-11-7-26(4-2)8-12-28/h5-16,23-24,35-36H,3-4,17-22H2,1-2H3. The Morgan fingerprint density at radius 3 is 1.14 bits per heavy atom. The van der Waals surface area contributed by atoms with Crippen molar-refractivity contribution in [3.63, 3.8) is 0 Å². The van der Waals surface area contributed by atoms with Crippen LogP contribution in [-0.4, -0.2) is 38.3 Å². The third-order valence-electron chi connectivity index (χ3n) is 7.95. The van der Waals surface area contributed by atoms with Crippen LogP contribution in [0, 0.1) is 0 Å². The summed E-state index contributed by atoms with van der Waals surface area (Å²) >= 11 is 0. The summed E-state index contributed by atoms with van der Waals surface area (Å²) < 4.78 is 117. The molecule has 2 atom stereocenters. The molecule has 0 fully saturated rings. The van der Waals surface area contributed by atoms with Crippen LogP contribution in [-0.2, 0) is 48.0 Å². The van der Waals surface area contributed by atoms with E-state index in [1.54, 1.807) is 36.4 Å². The lowest BCUT2D eigenvalue weighted by molar-refractivity contribution is -0.264. The number of aryl methyl sites for hydroxylation is 2. The summed E-state index contributed by atoms with van der Waals surface area (Å²) in [6, 6.07) is 26.3. The Morgan fingerprint density at radius 2 is 0.816 bits per heavy atom. The smallest absolute Gasteiger partial charge is 0.445 e. The first-order valence-corrected chi connectivity index (χ1v) is 16.0. The summed E-state index contributed by atoms with van der Waals surface area (Å²) in [6.45, 7) is 3.12. The molecule has 0 aliphatic rings. The van der Waals surface area contributed by atoms with Gasteiger partial charge in [-0.3, -0.25) is 0 Å². The second-order valence-electron chi connectivity index (χ2n) is 11.6. The Hall–Kier alpha value is -3.96. The van der Waals surface area contributed by atoms with Gasteiger partial charge in [-0.15, -0.1) is 0 Å². The molecular weight excluding hydrogens is 656 g/mol. The van der Waals surface area contributed by atoms with Gasteiger partial charge in [0.15, 0.2) is 0 Å². The number of hydrogen-bond acceptors (Lipinski definition) is 3. The predicted octanol–water partition coefficient (Wildman–Crippen LogP) is 10.6. The number of halogens is 8. The minimum atomic E-state index is -5.11. The van der Waals surface area contributed by atoms with E-state index in [4.69, 9.17) is 4.74 Å². The van der Waals surface area contributed by atoms with Crippen LogP contribution in [0.3, 0.4) is 0 Å². The summed E-state index contributed by atoms with van der Waals surface area (Å²) in [6.07, 6.45) is -14.3. The van der Waals surface area contributed by atoms with Gasteiger partial charge in [0, 0.05) is 12.8 Å². The lowest BCUT2D eigenvalue weighted by Crippen LogP contribution is -2.27. The van der Waals surface area contributed by atoms with E-state index in [2.05, 4.69) is 9.47 Å². The van der Waals surface area contributed by atoms with Crippen LogP contribution in [0.5, 0.6) is 11.5 Å². The van der Waals surface area contributed by atoms with Crippen LogP contribution in [0.4, 0.5) is 35.1 Å². The number of alkyl halides is 8. The number of hydrogen-bond donors (Lipinski definition) is 0. The Balaban J connectivity index is 1.62. The van der Waals surface area contributed by atoms with Gasteiger partial charge in [-0.25, -0.2) is 8.78 Å². The van der Waals surface area contributed by atoms with E-state index < -0.39 is 38.3 Å². The van der Waals surface area contributed by atoms with Gasteiger partial charge >= 0.3 is 12.4 Å². The number of benzene rings is 4. The molecule has 0 aliphatic heterocycles. The minimum absolute atomic E-state index is 0.0302. The molecule has 0 amide bonds. The summed E-state index contributed by atoms with van der Waals surface area (Å²) in [5.41, 5.74) is 6.94. The van der Waals surface area contributed by atoms with E-state index in [1.807, 2.05) is 62.4 Å². The van der Waals surface area contributed by atoms with Gasteiger partial charge in [-0.2, -0.15) is 26.3 Å². The quantitative estimate of drug-likeness (QED) is 0.109. The summed E-state index contributed by atoms with van der Waals surface area (Å²) in [4.78, 5) is 0. The molecule has 4 rings (SSSR count). The van der Waals surface area contributed by atoms with Gasteiger partial charge in [-0.05, 0) is 82.3 Å². The Bertz CT molecular complexity index is 1500. The zero-order valence-corrected chi connectivity index (χ0v) is 27.1. The predicted molar refractivity (Wildman–Crippen MR) is 171 cm³/mol. The Kier molecular flexibility index (Phi) is 13.2. The van der Waals surface area contributed by atoms with Crippen LogP contribution in [0.15, 0.2) is 84.9 Å². The summed E-state index contributed by atoms with van der Waals surface area (Å²) in [5, 5.41) is 0. The maximum atomic E-state index is 13.3. The highest BCUT2D eigenvalue weighted by atomic mass is 19.4. The monoisotopic (exact) mass is 694 g/mol. The lowest BCUT2D eigenvalue weighted by atomic mass is 9.98. The van der Waals surface area contributed by atoms with Crippen molar-refractivity contribution in [1.82, 2.24) is 0 Å². The van der Waals surface area contributed by atoms with Crippen molar-refractivity contribution in [3.8, 4) is 11.5 Å². The van der Waals surface area contributed by atoms with Crippen LogP contribution in [0.25, 0.3) is 0 Å². The lowest BCUT2D eigenvalue weighted by Gasteiger charge is -2.18. The fourth-order valence-corrected chi connectivity index (χ4v) is 5.15. The minimum Gasteiger partial charge on any atom is -0.457 e. The maximum absolute atomic E-state index is 13.3. The fraction of sp³-hybridized carbons (Fsp3) is 0.368. The largest absolute Gasteiger partial charge is 0.457 e. The highest BCUT2D eigenvalue weighted by Crippen LogP contribution is 2.33. The van der Waals surface area contributed by atoms with E-state index in [-0.39, 0.29) is 12.8 Å². The highest BCUT2D eigenvalue weighted by molar-refractivity contribution is 5.47. The Labute approximate surface area is 280 Å². The molecule has 0 aliphatic carbocycles. The van der Waals surface area contributed by atoms with E-state index >= 15 is 0 Å². The SMILES string of the molecule is CCc1ccc(Cc2cc(CCOC(F)C(F)(F)F)ccc2Oc2ccc(CCOC(F)C(F)(F)F)cc2Cc2ccc(CC)cc2)cc1. The molecule has 264 valence electrons. The first-order valence-electron chi connectivity index (χ1n) is 16.0. The molecule has 0 bridgehead atoms. The van der Waals surface area contributed by atoms with Crippen LogP contribution in [0.2, 0.25) is 0 Å². The summed E-state index contributed by atoms with van der Waals surface area (Å²) in [5.74, 6) is 0.957. The second kappa shape index (κ2) is 17.1. The van der Waals surface area contributed by atoms with Crippen molar-refractivity contribution in [2.45, 2.75) is 77.4 Å². The van der Waals surface area contributed by atoms with Gasteiger partial charge < -0.3 is 14.2 Å². The molecule has 0 spiro atoms. The van der Waals surface area contributed by atoms with Crippen molar-refractivity contribution in [2.24, 2.45) is 0 Å². The fourth-order valence-electron chi connectivity index (χ4n) is 5.15. The molecule has 49 heavy (non-hydrogen) atoms. The van der Waals surface area contributed by atoms with E-state index in [0.29, 0.717) is 35.5 Å². The number of rotatable bonds is 16. The molecule has 0 aromatic heterocycles. The zero-order chi connectivity index (χ0) is 35.6. The molecule has 3 nitrogen and oxygen atoms in total. The zero-order valence-electron chi connectivity index (χ0n) is 27.1. The van der Waals surface area contributed by atoms with Gasteiger partial charge in [0.05, 0.1) is 13.2 Å². The van der Waals surface area contributed by atoms with Crippen molar-refractivity contribution in [3.05, 3.63) is 129 Å². The van der Waals surface area contributed by atoms with Gasteiger partial charge in [-0.1, -0.05) is 86.6 Å². The highest BCUT2D eigenvalue weighted by Gasteiger charge is 2.41. The van der Waals surface area contributed by atoms with Crippen LogP contribution < -0.4 is 4.74 Å². The first kappa shape index (κ1) is 37.9. The molecule has 0 saturated carbocycles. The molecule has 0 saturated heterocycles. The average Bonchev–Trinajstić information content (AvgIpc) is 3.06. The Morgan fingerprint density at radius 1 is 0.490 bits per heavy atom. The molecule has 11 heteroatoms. The average molecular weight is 695 g/mol. The normalized spacial score (nSPS) is 13.3. The molecular formula is C38H38F8O3. The van der Waals surface area contributed by atoms with Crippen molar-refractivity contribution >= 4 is 0 Å². The van der Waals surface area contributed by atoms with Crippen molar-refractivity contribution in [1.29, 1.82) is 0 Å². The molecule has 4 aromatic rings. The van der Waals surface area contributed by atoms with E-state index in [1.165, 1.54) is 0 Å². The summed E-state index contributed by atoms with van der Waals surface area (Å²) in [7, 11) is 0. The van der Waals surface area contributed by atoms with Crippen molar-refractivity contribution in [2.75, 3.05) is 13.2 Å². The first-order chi connectivity index (χ1) is 23.2. The molecule has 4 aromatic carbocycles. The molecule has 0 heterocycles. The van der Waals surface area contributed by atoms with Crippen molar-refractivity contribution < 1.29 is 49.3 Å². The van der Waals surface area contributed by atoms with Gasteiger partial charge in [0.2, 0.25) is 0 Å². The second-order valence-corrected chi connectivity index (χ2v) is 11.6. The van der Waals surface area contributed by atoms with Gasteiger partial charge in [0.25, 0.3) is 12.7 Å². The van der Waals surface area contributed by atoms with E-state index in [9.17, 15) is 35.1 Å². The topological polar surface area (TPSA) is 27.7 Å². The van der Waals surface area contributed by atoms with E-state index in [0.717, 1.165) is 46.2 Å². The number of ether oxygens (including phenoxy) is 3. The molecule has 0 N–H and O–H groups in total. The van der Waals surface area contributed by atoms with Gasteiger partial charge in [0.1, 0.15) is 11.5 Å². The third-order valence-corrected chi connectivity index (χ3v) is 7.95.